The maximum atomic E-state index is 8.26. The molecule has 0 radical (unpaired) electrons. The standard InChI is InChI=1S/C5H6N4O/c6-5(9-10)4-1-7-3-8-2-4/h1-3,10H,(H2,6,9). The van der Waals surface area contributed by atoms with Crippen LogP contribution in [-0.2, 0) is 0 Å². The third-order valence-corrected chi connectivity index (χ3v) is 0.961. The van der Waals surface area contributed by atoms with E-state index in [1.165, 1.54) is 18.7 Å². The van der Waals surface area contributed by atoms with Gasteiger partial charge in [0.15, 0.2) is 5.84 Å². The molecule has 0 unspecified atom stereocenters. The fraction of sp³-hybridized carbons (Fsp3) is 0. The largest absolute Gasteiger partial charge is 0.290 e. The summed E-state index contributed by atoms with van der Waals surface area (Å²) < 4.78 is 0. The molecular weight excluding hydrogens is 132 g/mol. The zero-order chi connectivity index (χ0) is 7.40. The van der Waals surface area contributed by atoms with Crippen molar-refractivity contribution in [2.24, 2.45) is 0 Å². The van der Waals surface area contributed by atoms with Crippen LogP contribution in [0.3, 0.4) is 0 Å². The lowest BCUT2D eigenvalue weighted by Crippen LogP contribution is -2.18. The second-order valence-corrected chi connectivity index (χ2v) is 1.61. The maximum Gasteiger partial charge on any atom is 0.152 e. The van der Waals surface area contributed by atoms with Crippen molar-refractivity contribution in [1.82, 2.24) is 15.4 Å². The lowest BCUT2D eigenvalue weighted by atomic mass is 10.3. The molecule has 1 aromatic rings. The minimum Gasteiger partial charge on any atom is -0.290 e. The number of hydrogen-bond acceptors (Lipinski definition) is 4. The first kappa shape index (κ1) is 6.63. The van der Waals surface area contributed by atoms with Crippen molar-refractivity contribution in [1.29, 1.82) is 5.41 Å². The predicted molar refractivity (Wildman–Crippen MR) is 33.8 cm³/mol. The Morgan fingerprint density at radius 1 is 1.50 bits per heavy atom. The third-order valence-electron chi connectivity index (χ3n) is 0.961. The van der Waals surface area contributed by atoms with E-state index in [9.17, 15) is 0 Å². The number of amidine groups is 1. The molecule has 0 saturated heterocycles. The summed E-state index contributed by atoms with van der Waals surface area (Å²) in [5.74, 6) is -0.111. The monoisotopic (exact) mass is 138 g/mol. The highest BCUT2D eigenvalue weighted by Gasteiger charge is 1.96. The fourth-order valence-corrected chi connectivity index (χ4v) is 0.493. The Morgan fingerprint density at radius 3 is 2.60 bits per heavy atom. The predicted octanol–water partition coefficient (Wildman–Crippen LogP) is -0.219. The van der Waals surface area contributed by atoms with Crippen LogP contribution < -0.4 is 5.48 Å². The number of rotatable bonds is 1. The summed E-state index contributed by atoms with van der Waals surface area (Å²) in [5, 5.41) is 15.3. The molecule has 1 heterocycles. The Hall–Kier alpha value is -1.49. The van der Waals surface area contributed by atoms with E-state index in [1.54, 1.807) is 5.48 Å². The molecule has 52 valence electrons. The maximum absolute atomic E-state index is 8.26. The molecule has 0 saturated carbocycles. The number of nitrogens with one attached hydrogen (secondary N) is 2. The van der Waals surface area contributed by atoms with Crippen molar-refractivity contribution in [3.63, 3.8) is 0 Å². The van der Waals surface area contributed by atoms with E-state index >= 15 is 0 Å². The van der Waals surface area contributed by atoms with E-state index in [0.29, 0.717) is 5.56 Å². The molecule has 0 bridgehead atoms. The van der Waals surface area contributed by atoms with Crippen molar-refractivity contribution < 1.29 is 5.21 Å². The first-order valence-corrected chi connectivity index (χ1v) is 2.58. The summed E-state index contributed by atoms with van der Waals surface area (Å²) in [4.78, 5) is 7.30. The van der Waals surface area contributed by atoms with Gasteiger partial charge in [0.25, 0.3) is 0 Å². The normalized spacial score (nSPS) is 8.90. The van der Waals surface area contributed by atoms with Gasteiger partial charge in [0.05, 0.1) is 5.56 Å². The van der Waals surface area contributed by atoms with Gasteiger partial charge in [0, 0.05) is 12.4 Å². The van der Waals surface area contributed by atoms with Crippen LogP contribution in [0.1, 0.15) is 5.56 Å². The molecule has 3 N–H and O–H groups in total. The van der Waals surface area contributed by atoms with Crippen LogP contribution in [0.4, 0.5) is 0 Å². The highest BCUT2D eigenvalue weighted by molar-refractivity contribution is 5.94. The van der Waals surface area contributed by atoms with Crippen LogP contribution >= 0.6 is 0 Å². The lowest BCUT2D eigenvalue weighted by Gasteiger charge is -1.97. The topological polar surface area (TPSA) is 81.9 Å². The van der Waals surface area contributed by atoms with Crippen LogP contribution in [0.5, 0.6) is 0 Å². The van der Waals surface area contributed by atoms with Gasteiger partial charge in [-0.1, -0.05) is 0 Å². The average Bonchev–Trinajstić information content (AvgIpc) is 2.05. The zero-order valence-corrected chi connectivity index (χ0v) is 5.07. The van der Waals surface area contributed by atoms with Gasteiger partial charge in [-0.25, -0.2) is 9.97 Å². The van der Waals surface area contributed by atoms with Gasteiger partial charge in [-0.05, 0) is 0 Å². The van der Waals surface area contributed by atoms with E-state index in [-0.39, 0.29) is 5.84 Å². The lowest BCUT2D eigenvalue weighted by molar-refractivity contribution is 0.234. The van der Waals surface area contributed by atoms with Crippen molar-refractivity contribution in [3.8, 4) is 0 Å². The summed E-state index contributed by atoms with van der Waals surface area (Å²) in [5.41, 5.74) is 2.13. The summed E-state index contributed by atoms with van der Waals surface area (Å²) in [6.07, 6.45) is 4.21. The molecule has 0 aliphatic rings. The van der Waals surface area contributed by atoms with E-state index in [1.807, 2.05) is 0 Å². The average molecular weight is 138 g/mol. The van der Waals surface area contributed by atoms with Crippen LogP contribution in [0, 0.1) is 5.41 Å². The molecule has 0 fully saturated rings. The summed E-state index contributed by atoms with van der Waals surface area (Å²) >= 11 is 0. The Bertz CT molecular complexity index is 222. The molecule has 5 nitrogen and oxygen atoms in total. The molecule has 0 amide bonds. The number of hydroxylamine groups is 1. The second-order valence-electron chi connectivity index (χ2n) is 1.61. The first-order valence-electron chi connectivity index (χ1n) is 2.58. The molecule has 1 aromatic heterocycles. The minimum absolute atomic E-state index is 0.111. The third kappa shape index (κ3) is 1.26. The molecule has 10 heavy (non-hydrogen) atoms. The Kier molecular flexibility index (Phi) is 1.91. The summed E-state index contributed by atoms with van der Waals surface area (Å²) in [6.45, 7) is 0. The Labute approximate surface area is 57.2 Å². The molecule has 0 aliphatic carbocycles. The highest BCUT2D eigenvalue weighted by Crippen LogP contribution is 1.89. The van der Waals surface area contributed by atoms with E-state index in [4.69, 9.17) is 10.6 Å². The van der Waals surface area contributed by atoms with Crippen LogP contribution in [0.15, 0.2) is 18.7 Å². The molecule has 0 atom stereocenters. The van der Waals surface area contributed by atoms with Gasteiger partial charge in [-0.3, -0.25) is 16.1 Å². The highest BCUT2D eigenvalue weighted by atomic mass is 16.5. The van der Waals surface area contributed by atoms with Crippen LogP contribution in [-0.4, -0.2) is 21.0 Å². The molecule has 0 spiro atoms. The molecule has 0 aliphatic heterocycles. The second kappa shape index (κ2) is 2.88. The van der Waals surface area contributed by atoms with Gasteiger partial charge in [-0.2, -0.15) is 0 Å². The molecule has 5 heteroatoms. The zero-order valence-electron chi connectivity index (χ0n) is 5.07. The van der Waals surface area contributed by atoms with Crippen molar-refractivity contribution in [2.75, 3.05) is 0 Å². The van der Waals surface area contributed by atoms with Crippen molar-refractivity contribution in [3.05, 3.63) is 24.3 Å². The molecule has 0 aromatic carbocycles. The Balaban J connectivity index is 2.85. The first-order chi connectivity index (χ1) is 4.84. The van der Waals surface area contributed by atoms with E-state index in [2.05, 4.69) is 9.97 Å². The van der Waals surface area contributed by atoms with Crippen LogP contribution in [0.2, 0.25) is 0 Å². The van der Waals surface area contributed by atoms with Gasteiger partial charge in [0.1, 0.15) is 6.33 Å². The molecular formula is C5H6N4O. The van der Waals surface area contributed by atoms with Gasteiger partial charge in [-0.15, -0.1) is 0 Å². The Morgan fingerprint density at radius 2 is 2.10 bits per heavy atom. The quantitative estimate of drug-likeness (QED) is 0.284. The van der Waals surface area contributed by atoms with Gasteiger partial charge < -0.3 is 0 Å². The minimum atomic E-state index is -0.111. The van der Waals surface area contributed by atoms with Crippen LogP contribution in [0.25, 0.3) is 0 Å². The number of hydrogen-bond donors (Lipinski definition) is 3. The number of nitrogens with zero attached hydrogens (tertiary/aromatic N) is 2. The van der Waals surface area contributed by atoms with Gasteiger partial charge in [0.2, 0.25) is 0 Å². The number of aromatic nitrogens is 2. The smallest absolute Gasteiger partial charge is 0.152 e. The van der Waals surface area contributed by atoms with Gasteiger partial charge >= 0.3 is 0 Å². The van der Waals surface area contributed by atoms with E-state index < -0.39 is 0 Å². The van der Waals surface area contributed by atoms with Crippen molar-refractivity contribution >= 4 is 5.84 Å². The fourth-order valence-electron chi connectivity index (χ4n) is 0.493. The SMILES string of the molecule is N=C(NO)c1cncnc1. The van der Waals surface area contributed by atoms with E-state index in [0.717, 1.165) is 0 Å². The molecule has 1 rings (SSSR count). The van der Waals surface area contributed by atoms with Crippen molar-refractivity contribution in [2.45, 2.75) is 0 Å². The summed E-state index contributed by atoms with van der Waals surface area (Å²) in [7, 11) is 0. The summed E-state index contributed by atoms with van der Waals surface area (Å²) in [6, 6.07) is 0.